The number of ether oxygens (including phenoxy) is 5. The summed E-state index contributed by atoms with van der Waals surface area (Å²) in [4.78, 5) is 23.2. The van der Waals surface area contributed by atoms with E-state index in [4.69, 9.17) is 33.3 Å². The molecule has 0 fully saturated rings. The second-order valence-electron chi connectivity index (χ2n) is 32.4. The van der Waals surface area contributed by atoms with Crippen molar-refractivity contribution in [2.24, 2.45) is 0 Å². The maximum absolute atomic E-state index is 13.4. The van der Waals surface area contributed by atoms with Gasteiger partial charge in [-0.25, -0.2) is 42.1 Å². The molecule has 27 nitrogen and oxygen atoms in total. The molecule has 37 heteroatoms. The first-order valence-electron chi connectivity index (χ1n) is 44.1. The Hall–Kier alpha value is -8.61. The van der Waals surface area contributed by atoms with Crippen LogP contribution in [0.25, 0.3) is 0 Å². The predicted octanol–water partition coefficient (Wildman–Crippen LogP) is 18.2. The lowest BCUT2D eigenvalue weighted by Crippen LogP contribution is -2.26. The van der Waals surface area contributed by atoms with E-state index in [0.717, 1.165) is 155 Å². The number of unbranched alkanes of at least 4 members (excludes halogenated alkanes) is 5. The van der Waals surface area contributed by atoms with Crippen molar-refractivity contribution in [3.63, 3.8) is 0 Å². The molecule has 16 rings (SSSR count). The number of para-hydroxylation sites is 1. The van der Waals surface area contributed by atoms with Crippen molar-refractivity contribution >= 4 is 141 Å². The highest BCUT2D eigenvalue weighted by atomic mass is 32.2. The van der Waals surface area contributed by atoms with Crippen LogP contribution in [0, 0.1) is 27.7 Å². The molecule has 10 heterocycles. The summed E-state index contributed by atoms with van der Waals surface area (Å²) in [6.07, 6.45) is 11.2. The average molecular weight is 2010 g/mol. The molecule has 5 N–H and O–H groups in total. The number of hydrogen-bond donors (Lipinski definition) is 5. The number of aryl methyl sites for hydroxylation is 4. The Labute approximate surface area is 805 Å². The van der Waals surface area contributed by atoms with Crippen molar-refractivity contribution < 1.29 is 75.4 Å². The molecule has 5 aliphatic rings. The third kappa shape index (κ3) is 24.5. The van der Waals surface area contributed by atoms with Gasteiger partial charge in [0.2, 0.25) is 0 Å². The Morgan fingerprint density at radius 1 is 0.316 bits per heavy atom. The zero-order chi connectivity index (χ0) is 96.0. The van der Waals surface area contributed by atoms with Crippen molar-refractivity contribution in [1.29, 1.82) is 0 Å². The molecule has 11 aromatic rings. The van der Waals surface area contributed by atoms with Gasteiger partial charge in [0.1, 0.15) is 11.5 Å². The maximum Gasteiger partial charge on any atom is 0.373 e. The van der Waals surface area contributed by atoms with Crippen molar-refractivity contribution in [3.05, 3.63) is 253 Å². The first kappa shape index (κ1) is 105. The molecule has 5 atom stereocenters. The molecule has 0 saturated heterocycles. The summed E-state index contributed by atoms with van der Waals surface area (Å²) in [6.45, 7) is 19.2. The van der Waals surface area contributed by atoms with Gasteiger partial charge in [-0.3, -0.25) is 21.5 Å². The van der Waals surface area contributed by atoms with Crippen LogP contribution in [-0.4, -0.2) is 171 Å². The summed E-state index contributed by atoms with van der Waals surface area (Å²) in [5.74, 6) is 1.14. The van der Waals surface area contributed by atoms with E-state index in [2.05, 4.69) is 33.5 Å². The second-order valence-corrected chi connectivity index (χ2v) is 46.8. The fourth-order valence-corrected chi connectivity index (χ4v) is 29.2. The first-order valence-corrected chi connectivity index (χ1v) is 55.7. The number of carbonyl (C=O) groups excluding carboxylic acids is 2. The summed E-state index contributed by atoms with van der Waals surface area (Å²) in [5, 5.41) is 27.5. The van der Waals surface area contributed by atoms with Crippen molar-refractivity contribution in [1.82, 2.24) is 26.6 Å². The van der Waals surface area contributed by atoms with Gasteiger partial charge in [0.15, 0.2) is 0 Å². The number of thiophene rings is 5. The zero-order valence-corrected chi connectivity index (χ0v) is 85.8. The minimum absolute atomic E-state index is 0.0778. The Bertz CT molecular complexity index is 6200. The van der Waals surface area contributed by atoms with Crippen molar-refractivity contribution in [2.45, 2.75) is 160 Å². The molecule has 0 radical (unpaired) electrons. The van der Waals surface area contributed by atoms with E-state index >= 15 is 0 Å². The van der Waals surface area contributed by atoms with Crippen LogP contribution in [0.4, 0.5) is 28.4 Å². The number of rotatable bonds is 31. The highest BCUT2D eigenvalue weighted by Crippen LogP contribution is 2.50. The molecular formula is C96H122N10O17S10. The van der Waals surface area contributed by atoms with Crippen LogP contribution in [0.2, 0.25) is 0 Å². The Kier molecular flexibility index (Phi) is 38.2. The standard InChI is InChI=1S/C22H24N2O4S2.C21H30N2O2S2.C18H24N2O3S2.2C17H22N2O3S2.CO2/c1-24-19-11-14-29-22(19)21(23-12-6-13-27-2)18-10-9-17(15-20(18)30(24,25)26)28-16-7-4-3-5-8-16;1-4-5-6-7-8-9-13-22-20-17-11-10-16(2)15-19(17)27(24,25)23(3)18-12-14-26-21(18)20;1-4-23-10-5-9-19-17-14-7-6-13(2)12-16(14)25(21,22)20(3)15-8-11-24-18(15)17;2*1-12-5-6-13-15(11-12)24(20,21)19(2)14-7-10-23-17(14)16(13)18-8-4-9-22-3;2-1-3/h3-5,7-11,14-15,21,23H,6,12-13H2,1-2H3;10-12,14-15,20,22H,4-9,13H2,1-3H3;6-8,11-12,17,19H,4-5,9-10H2,1-3H3;2*5-7,10-11,16,18H,4,8-9H2,1-3H3;. The number of benzene rings is 6. The zero-order valence-electron chi connectivity index (χ0n) is 77.6. The molecule has 5 aromatic heterocycles. The first-order chi connectivity index (χ1) is 63.8. The van der Waals surface area contributed by atoms with E-state index in [-0.39, 0.29) is 41.3 Å². The van der Waals surface area contributed by atoms with Crippen molar-refractivity contribution in [3.8, 4) is 11.5 Å². The van der Waals surface area contributed by atoms with Gasteiger partial charge in [-0.2, -0.15) is 9.59 Å². The van der Waals surface area contributed by atoms with E-state index < -0.39 is 50.1 Å². The minimum atomic E-state index is -3.73. The Balaban J connectivity index is 0.000000159. The highest BCUT2D eigenvalue weighted by molar-refractivity contribution is 7.94. The fraction of sp³-hybridized carbons (Fsp3) is 0.406. The molecule has 133 heavy (non-hydrogen) atoms. The maximum atomic E-state index is 13.4. The molecule has 718 valence electrons. The van der Waals surface area contributed by atoms with Gasteiger partial charge >= 0.3 is 6.15 Å². The van der Waals surface area contributed by atoms with E-state index in [0.29, 0.717) is 76.3 Å². The molecule has 0 spiro atoms. The van der Waals surface area contributed by atoms with Crippen LogP contribution in [-0.2, 0) is 78.7 Å². The van der Waals surface area contributed by atoms with Gasteiger partial charge in [-0.1, -0.05) is 112 Å². The summed E-state index contributed by atoms with van der Waals surface area (Å²) in [5.41, 5.74) is 11.5. The fourth-order valence-electron chi connectivity index (χ4n) is 16.2. The van der Waals surface area contributed by atoms with Gasteiger partial charge in [0, 0.05) is 95.7 Å². The summed E-state index contributed by atoms with van der Waals surface area (Å²) in [7, 11) is -4.76. The van der Waals surface area contributed by atoms with Crippen LogP contribution < -0.4 is 52.8 Å². The topological polar surface area (TPSA) is 327 Å². The van der Waals surface area contributed by atoms with Gasteiger partial charge in [0.05, 0.1) is 108 Å². The lowest BCUT2D eigenvalue weighted by Gasteiger charge is -2.19. The SMILES string of the molecule is CCCCCCCCNC1c2ccc(C)cc2S(=O)(=O)N(C)c2ccsc21.CCOCCCNC1c2ccc(C)cc2S(=O)(=O)N(C)c2ccsc21.COCCCNC1c2ccc(C)cc2S(=O)(=O)N(C)c2ccsc21.COCCCNC1c2ccc(C)cc2S(=O)(=O)N(C)c2ccsc21.COCCCNC1c2ccc(Oc3ccccc3)cc2S(=O)(=O)N(C)c2ccsc21.O=C=O. The summed E-state index contributed by atoms with van der Waals surface area (Å²) < 4.78 is 165. The van der Waals surface area contributed by atoms with Gasteiger partial charge in [-0.15, -0.1) is 56.7 Å². The Morgan fingerprint density at radius 2 is 0.571 bits per heavy atom. The molecule has 5 unspecified atom stereocenters. The van der Waals surface area contributed by atoms with E-state index in [1.807, 2.05) is 183 Å². The number of hydrogen-bond acceptors (Lipinski definition) is 27. The van der Waals surface area contributed by atoms with Gasteiger partial charge < -0.3 is 50.3 Å². The average Bonchev–Trinajstić information content (AvgIpc) is 1.63. The third-order valence-corrected chi connectivity index (χ3v) is 37.3. The van der Waals surface area contributed by atoms with Crippen LogP contribution in [0.3, 0.4) is 0 Å². The monoisotopic (exact) mass is 2010 g/mol. The Morgan fingerprint density at radius 3 is 0.850 bits per heavy atom. The molecule has 0 amide bonds. The summed E-state index contributed by atoms with van der Waals surface area (Å²) >= 11 is 7.93. The van der Waals surface area contributed by atoms with Crippen LogP contribution >= 0.6 is 56.7 Å². The molecule has 0 aliphatic carbocycles. The summed E-state index contributed by atoms with van der Waals surface area (Å²) in [6, 6.07) is 46.1. The van der Waals surface area contributed by atoms with Crippen molar-refractivity contribution in [2.75, 3.05) is 144 Å². The number of sulfonamides is 5. The van der Waals surface area contributed by atoms with Crippen LogP contribution in [0.1, 0.15) is 183 Å². The number of anilines is 5. The van der Waals surface area contributed by atoms with Crippen LogP contribution in [0.15, 0.2) is 203 Å². The largest absolute Gasteiger partial charge is 0.457 e. The lowest BCUT2D eigenvalue weighted by atomic mass is 10.0. The minimum Gasteiger partial charge on any atom is -0.457 e. The molecule has 5 aliphatic heterocycles. The van der Waals surface area contributed by atoms with Crippen LogP contribution in [0.5, 0.6) is 11.5 Å². The predicted molar refractivity (Wildman–Crippen MR) is 535 cm³/mol. The molecular weight excluding hydrogens is 1890 g/mol. The number of methoxy groups -OCH3 is 3. The van der Waals surface area contributed by atoms with Gasteiger partial charge in [-0.05, 0) is 249 Å². The number of nitrogens with zero attached hydrogens (tertiary/aromatic N) is 5. The molecule has 0 saturated carbocycles. The quantitative estimate of drug-likeness (QED) is 0.0252. The molecule has 6 aromatic carbocycles. The number of nitrogens with one attached hydrogen (secondary N) is 5. The van der Waals surface area contributed by atoms with E-state index in [1.165, 1.54) is 53.6 Å². The third-order valence-electron chi connectivity index (χ3n) is 23.3. The van der Waals surface area contributed by atoms with E-state index in [9.17, 15) is 42.1 Å². The lowest BCUT2D eigenvalue weighted by molar-refractivity contribution is -0.191. The van der Waals surface area contributed by atoms with E-state index in [1.54, 1.807) is 144 Å². The van der Waals surface area contributed by atoms with Gasteiger partial charge in [0.25, 0.3) is 50.1 Å². The normalized spacial score (nSPS) is 17.8. The smallest absolute Gasteiger partial charge is 0.373 e. The second kappa shape index (κ2) is 48.4. The highest BCUT2D eigenvalue weighted by Gasteiger charge is 2.42. The molecule has 0 bridgehead atoms. The number of fused-ring (bicyclic) bond motifs is 10.